The third-order valence-electron chi connectivity index (χ3n) is 4.20. The van der Waals surface area contributed by atoms with Gasteiger partial charge in [0.25, 0.3) is 0 Å². The fourth-order valence-corrected chi connectivity index (χ4v) is 4.36. The highest BCUT2D eigenvalue weighted by Crippen LogP contribution is 2.28. The highest BCUT2D eigenvalue weighted by molar-refractivity contribution is 7.89. The van der Waals surface area contributed by atoms with Gasteiger partial charge in [-0.3, -0.25) is 9.78 Å². The van der Waals surface area contributed by atoms with Crippen LogP contribution in [0.4, 0.5) is 0 Å². The molecule has 126 valence electrons. The highest BCUT2D eigenvalue weighted by atomic mass is 32.2. The SMILES string of the molecule is CC(=O)N1CCN(S(=O)(=O)c2cccnc2)C[C@H]1c1ccccc1. The highest BCUT2D eigenvalue weighted by Gasteiger charge is 2.36. The molecule has 1 aliphatic rings. The molecule has 0 unspecified atom stereocenters. The van der Waals surface area contributed by atoms with E-state index in [1.807, 2.05) is 30.3 Å². The third-order valence-corrected chi connectivity index (χ3v) is 6.05. The zero-order chi connectivity index (χ0) is 17.2. The summed E-state index contributed by atoms with van der Waals surface area (Å²) in [6.45, 7) is 2.40. The first-order valence-electron chi connectivity index (χ1n) is 7.72. The van der Waals surface area contributed by atoms with Gasteiger partial charge >= 0.3 is 0 Å². The lowest BCUT2D eigenvalue weighted by molar-refractivity contribution is -0.133. The Morgan fingerprint density at radius 2 is 1.88 bits per heavy atom. The Morgan fingerprint density at radius 3 is 2.50 bits per heavy atom. The molecule has 0 spiro atoms. The van der Waals surface area contributed by atoms with Crippen LogP contribution < -0.4 is 0 Å². The van der Waals surface area contributed by atoms with Gasteiger partial charge in [0.1, 0.15) is 4.90 Å². The first kappa shape index (κ1) is 16.6. The van der Waals surface area contributed by atoms with E-state index in [1.54, 1.807) is 17.2 Å². The van der Waals surface area contributed by atoms with E-state index in [9.17, 15) is 13.2 Å². The van der Waals surface area contributed by atoms with Crippen molar-refractivity contribution >= 4 is 15.9 Å². The quantitative estimate of drug-likeness (QED) is 0.848. The number of carbonyl (C=O) groups excluding carboxylic acids is 1. The van der Waals surface area contributed by atoms with Gasteiger partial charge in [-0.2, -0.15) is 4.31 Å². The number of aromatic nitrogens is 1. The summed E-state index contributed by atoms with van der Waals surface area (Å²) >= 11 is 0. The van der Waals surface area contributed by atoms with Gasteiger partial charge in [0, 0.05) is 39.0 Å². The maximum Gasteiger partial charge on any atom is 0.244 e. The molecule has 1 aliphatic heterocycles. The molecule has 3 rings (SSSR count). The molecule has 0 N–H and O–H groups in total. The van der Waals surface area contributed by atoms with Gasteiger partial charge in [-0.25, -0.2) is 8.42 Å². The summed E-state index contributed by atoms with van der Waals surface area (Å²) in [5.41, 5.74) is 0.929. The van der Waals surface area contributed by atoms with Gasteiger partial charge in [0.05, 0.1) is 6.04 Å². The number of carbonyl (C=O) groups is 1. The molecule has 24 heavy (non-hydrogen) atoms. The van der Waals surface area contributed by atoms with Gasteiger partial charge in [-0.1, -0.05) is 30.3 Å². The van der Waals surface area contributed by atoms with Crippen LogP contribution in [0.3, 0.4) is 0 Å². The number of sulfonamides is 1. The normalized spacial score (nSPS) is 19.2. The van der Waals surface area contributed by atoms with Crippen LogP contribution in [0.25, 0.3) is 0 Å². The second kappa shape index (κ2) is 6.70. The van der Waals surface area contributed by atoms with Crippen molar-refractivity contribution in [2.45, 2.75) is 17.9 Å². The van der Waals surface area contributed by atoms with Crippen molar-refractivity contribution in [1.82, 2.24) is 14.2 Å². The third kappa shape index (κ3) is 3.18. The smallest absolute Gasteiger partial charge is 0.244 e. The first-order chi connectivity index (χ1) is 11.5. The van der Waals surface area contributed by atoms with Crippen molar-refractivity contribution in [1.29, 1.82) is 0 Å². The molecule has 0 aliphatic carbocycles. The van der Waals surface area contributed by atoms with Gasteiger partial charge < -0.3 is 4.90 Å². The summed E-state index contributed by atoms with van der Waals surface area (Å²) in [5.74, 6) is -0.0534. The van der Waals surface area contributed by atoms with E-state index in [1.165, 1.54) is 23.5 Å². The minimum Gasteiger partial charge on any atom is -0.333 e. The van der Waals surface area contributed by atoms with Crippen molar-refractivity contribution < 1.29 is 13.2 Å². The molecule has 6 nitrogen and oxygen atoms in total. The number of hydrogen-bond acceptors (Lipinski definition) is 4. The van der Waals surface area contributed by atoms with Crippen molar-refractivity contribution in [2.24, 2.45) is 0 Å². The van der Waals surface area contributed by atoms with E-state index in [0.29, 0.717) is 6.54 Å². The second-order valence-corrected chi connectivity index (χ2v) is 7.63. The fourth-order valence-electron chi connectivity index (χ4n) is 2.96. The van der Waals surface area contributed by atoms with Crippen LogP contribution >= 0.6 is 0 Å². The van der Waals surface area contributed by atoms with Gasteiger partial charge in [-0.05, 0) is 17.7 Å². The molecular formula is C17H19N3O3S. The van der Waals surface area contributed by atoms with Crippen LogP contribution in [-0.4, -0.2) is 48.1 Å². The van der Waals surface area contributed by atoms with Crippen LogP contribution in [0.1, 0.15) is 18.5 Å². The van der Waals surface area contributed by atoms with Crippen molar-refractivity contribution in [3.63, 3.8) is 0 Å². The predicted octanol–water partition coefficient (Wildman–Crippen LogP) is 1.68. The van der Waals surface area contributed by atoms with Crippen LogP contribution in [0.2, 0.25) is 0 Å². The number of rotatable bonds is 3. The number of amides is 1. The Labute approximate surface area is 141 Å². The van der Waals surface area contributed by atoms with E-state index < -0.39 is 10.0 Å². The number of benzene rings is 1. The molecule has 1 saturated heterocycles. The maximum absolute atomic E-state index is 12.8. The first-order valence-corrected chi connectivity index (χ1v) is 9.16. The van der Waals surface area contributed by atoms with Crippen LogP contribution in [0.15, 0.2) is 59.8 Å². The molecule has 2 aromatic rings. The molecule has 0 bridgehead atoms. The van der Waals surface area contributed by atoms with Gasteiger partial charge in [-0.15, -0.1) is 0 Å². The predicted molar refractivity (Wildman–Crippen MR) is 89.6 cm³/mol. The molecule has 0 radical (unpaired) electrons. The fraction of sp³-hybridized carbons (Fsp3) is 0.294. The van der Waals surface area contributed by atoms with Crippen molar-refractivity contribution in [3.05, 3.63) is 60.4 Å². The summed E-state index contributed by atoms with van der Waals surface area (Å²) in [6.07, 6.45) is 2.89. The Bertz CT molecular complexity index is 809. The maximum atomic E-state index is 12.8. The molecule has 2 heterocycles. The lowest BCUT2D eigenvalue weighted by Crippen LogP contribution is -2.51. The van der Waals surface area contributed by atoms with Crippen LogP contribution in [0.5, 0.6) is 0 Å². The number of nitrogens with zero attached hydrogens (tertiary/aromatic N) is 3. The Morgan fingerprint density at radius 1 is 1.12 bits per heavy atom. The number of pyridine rings is 1. The summed E-state index contributed by atoms with van der Waals surface area (Å²) in [5, 5.41) is 0. The van der Waals surface area contributed by atoms with E-state index in [0.717, 1.165) is 5.56 Å². The van der Waals surface area contributed by atoms with E-state index in [2.05, 4.69) is 4.98 Å². The average Bonchev–Trinajstić information content (AvgIpc) is 2.62. The molecule has 1 aromatic carbocycles. The molecule has 1 amide bonds. The molecule has 0 saturated carbocycles. The largest absolute Gasteiger partial charge is 0.333 e. The zero-order valence-corrected chi connectivity index (χ0v) is 14.2. The lowest BCUT2D eigenvalue weighted by Gasteiger charge is -2.40. The Hall–Kier alpha value is -2.25. The topological polar surface area (TPSA) is 70.6 Å². The minimum absolute atomic E-state index is 0.0534. The molecule has 7 heteroatoms. The summed E-state index contributed by atoms with van der Waals surface area (Å²) < 4.78 is 27.1. The van der Waals surface area contributed by atoms with Gasteiger partial charge in [0.2, 0.25) is 15.9 Å². The molecule has 1 aromatic heterocycles. The van der Waals surface area contributed by atoms with E-state index in [4.69, 9.17) is 0 Å². The number of hydrogen-bond donors (Lipinski definition) is 0. The number of piperazine rings is 1. The Balaban J connectivity index is 1.92. The van der Waals surface area contributed by atoms with Crippen molar-refractivity contribution in [2.75, 3.05) is 19.6 Å². The summed E-state index contributed by atoms with van der Waals surface area (Å²) in [7, 11) is -3.62. The molecule has 1 fully saturated rings. The van der Waals surface area contributed by atoms with E-state index >= 15 is 0 Å². The summed E-state index contributed by atoms with van der Waals surface area (Å²) in [6, 6.07) is 12.4. The van der Waals surface area contributed by atoms with Gasteiger partial charge in [0.15, 0.2) is 0 Å². The van der Waals surface area contributed by atoms with E-state index in [-0.39, 0.29) is 29.9 Å². The summed E-state index contributed by atoms with van der Waals surface area (Å²) in [4.78, 5) is 17.8. The molecular weight excluding hydrogens is 326 g/mol. The monoisotopic (exact) mass is 345 g/mol. The second-order valence-electron chi connectivity index (χ2n) is 5.69. The average molecular weight is 345 g/mol. The zero-order valence-electron chi connectivity index (χ0n) is 13.4. The molecule has 1 atom stereocenters. The minimum atomic E-state index is -3.62. The van der Waals surface area contributed by atoms with Crippen LogP contribution in [-0.2, 0) is 14.8 Å². The Kier molecular flexibility index (Phi) is 4.64. The standard InChI is InChI=1S/C17H19N3O3S/c1-14(21)20-11-10-19(13-17(20)15-6-3-2-4-7-15)24(22,23)16-8-5-9-18-12-16/h2-9,12,17H,10-11,13H2,1H3/t17-/m0/s1. The van der Waals surface area contributed by atoms with Crippen LogP contribution in [0, 0.1) is 0 Å². The lowest BCUT2D eigenvalue weighted by atomic mass is 10.0. The van der Waals surface area contributed by atoms with Crippen molar-refractivity contribution in [3.8, 4) is 0 Å².